The lowest BCUT2D eigenvalue weighted by Gasteiger charge is -2.25. The number of aliphatic carboxylic acids is 1. The molecule has 1 aliphatic rings. The number of hydrogen-bond donors (Lipinski definition) is 1. The van der Waals surface area contributed by atoms with E-state index in [4.69, 9.17) is 0 Å². The van der Waals surface area contributed by atoms with E-state index in [0.29, 0.717) is 0 Å². The third kappa shape index (κ3) is 3.30. The highest BCUT2D eigenvalue weighted by Crippen LogP contribution is 2.23. The van der Waals surface area contributed by atoms with E-state index < -0.39 is 5.97 Å². The number of likely N-dealkylation sites (tertiary alicyclic amines) is 1. The molecule has 4 heteroatoms. The first kappa shape index (κ1) is 12.6. The molecule has 3 nitrogen and oxygen atoms in total. The molecule has 1 aromatic heterocycles. The second-order valence-electron chi connectivity index (χ2n) is 4.69. The van der Waals surface area contributed by atoms with Gasteiger partial charge < -0.3 is 5.11 Å². The first-order valence-corrected chi connectivity index (χ1v) is 7.00. The SMILES string of the molecule is Cc1ccc(CN2CCCCCC2C(=O)O)s1. The van der Waals surface area contributed by atoms with Crippen molar-refractivity contribution < 1.29 is 9.90 Å². The molecule has 0 bridgehead atoms. The Hall–Kier alpha value is -0.870. The first-order chi connectivity index (χ1) is 8.16. The summed E-state index contributed by atoms with van der Waals surface area (Å²) in [6.45, 7) is 3.79. The smallest absolute Gasteiger partial charge is 0.320 e. The largest absolute Gasteiger partial charge is 0.480 e. The van der Waals surface area contributed by atoms with Gasteiger partial charge in [-0.05, 0) is 38.4 Å². The summed E-state index contributed by atoms with van der Waals surface area (Å²) in [5, 5.41) is 9.28. The van der Waals surface area contributed by atoms with E-state index in [-0.39, 0.29) is 6.04 Å². The van der Waals surface area contributed by atoms with Gasteiger partial charge in [-0.1, -0.05) is 12.8 Å². The number of hydrogen-bond acceptors (Lipinski definition) is 3. The van der Waals surface area contributed by atoms with Gasteiger partial charge in [0.05, 0.1) is 0 Å². The average molecular weight is 253 g/mol. The highest BCUT2D eigenvalue weighted by Gasteiger charge is 2.27. The Bertz CT molecular complexity index is 389. The van der Waals surface area contributed by atoms with Crippen LogP contribution in [0.2, 0.25) is 0 Å². The summed E-state index contributed by atoms with van der Waals surface area (Å²) in [5.41, 5.74) is 0. The van der Waals surface area contributed by atoms with Crippen LogP contribution >= 0.6 is 11.3 Å². The summed E-state index contributed by atoms with van der Waals surface area (Å²) >= 11 is 1.77. The fourth-order valence-corrected chi connectivity index (χ4v) is 3.32. The second kappa shape index (κ2) is 5.65. The molecule has 17 heavy (non-hydrogen) atoms. The van der Waals surface area contributed by atoms with Gasteiger partial charge in [-0.3, -0.25) is 9.69 Å². The van der Waals surface area contributed by atoms with Crippen LogP contribution in [-0.4, -0.2) is 28.6 Å². The van der Waals surface area contributed by atoms with Crippen LogP contribution in [0.5, 0.6) is 0 Å². The summed E-state index contributed by atoms with van der Waals surface area (Å²) in [7, 11) is 0. The van der Waals surface area contributed by atoms with Crippen LogP contribution in [0.25, 0.3) is 0 Å². The Morgan fingerprint density at radius 2 is 2.29 bits per heavy atom. The molecule has 1 fully saturated rings. The van der Waals surface area contributed by atoms with E-state index in [1.165, 1.54) is 9.75 Å². The van der Waals surface area contributed by atoms with E-state index in [0.717, 1.165) is 38.8 Å². The van der Waals surface area contributed by atoms with Crippen LogP contribution in [-0.2, 0) is 11.3 Å². The summed E-state index contributed by atoms with van der Waals surface area (Å²) < 4.78 is 0. The van der Waals surface area contributed by atoms with Crippen molar-refractivity contribution in [3.05, 3.63) is 21.9 Å². The maximum absolute atomic E-state index is 11.3. The third-order valence-electron chi connectivity index (χ3n) is 3.30. The van der Waals surface area contributed by atoms with Gasteiger partial charge in [0.15, 0.2) is 0 Å². The lowest BCUT2D eigenvalue weighted by molar-refractivity contribution is -0.143. The lowest BCUT2D eigenvalue weighted by atomic mass is 10.1. The van der Waals surface area contributed by atoms with Gasteiger partial charge in [0, 0.05) is 16.3 Å². The van der Waals surface area contributed by atoms with Crippen molar-refractivity contribution in [3.63, 3.8) is 0 Å². The summed E-state index contributed by atoms with van der Waals surface area (Å²) in [6.07, 6.45) is 4.11. The molecule has 0 radical (unpaired) electrons. The van der Waals surface area contributed by atoms with Gasteiger partial charge in [-0.15, -0.1) is 11.3 Å². The van der Waals surface area contributed by atoms with Crippen molar-refractivity contribution in [2.24, 2.45) is 0 Å². The van der Waals surface area contributed by atoms with E-state index >= 15 is 0 Å². The summed E-state index contributed by atoms with van der Waals surface area (Å²) in [6, 6.07) is 3.93. The molecule has 1 aromatic rings. The van der Waals surface area contributed by atoms with Crippen LogP contribution in [0.3, 0.4) is 0 Å². The molecule has 94 valence electrons. The first-order valence-electron chi connectivity index (χ1n) is 6.19. The van der Waals surface area contributed by atoms with E-state index in [1.54, 1.807) is 11.3 Å². The Labute approximate surface area is 106 Å². The number of rotatable bonds is 3. The molecule has 2 rings (SSSR count). The van der Waals surface area contributed by atoms with Crippen molar-refractivity contribution in [1.29, 1.82) is 0 Å². The minimum atomic E-state index is -0.667. The van der Waals surface area contributed by atoms with E-state index in [9.17, 15) is 9.90 Å². The number of nitrogens with zero attached hydrogens (tertiary/aromatic N) is 1. The van der Waals surface area contributed by atoms with Gasteiger partial charge in [0.1, 0.15) is 6.04 Å². The Kier molecular flexibility index (Phi) is 4.18. The third-order valence-corrected chi connectivity index (χ3v) is 4.29. The van der Waals surface area contributed by atoms with Crippen LogP contribution in [0, 0.1) is 6.92 Å². The quantitative estimate of drug-likeness (QED) is 0.900. The van der Waals surface area contributed by atoms with Gasteiger partial charge in [0.2, 0.25) is 0 Å². The zero-order chi connectivity index (χ0) is 12.3. The number of thiophene rings is 1. The molecule has 0 aromatic carbocycles. The Morgan fingerprint density at radius 3 is 2.94 bits per heavy atom. The Morgan fingerprint density at radius 1 is 1.47 bits per heavy atom. The van der Waals surface area contributed by atoms with Crippen molar-refractivity contribution in [1.82, 2.24) is 4.90 Å². The molecule has 2 heterocycles. The monoisotopic (exact) mass is 253 g/mol. The molecule has 1 unspecified atom stereocenters. The van der Waals surface area contributed by atoms with Gasteiger partial charge in [-0.25, -0.2) is 0 Å². The number of aryl methyl sites for hydroxylation is 1. The van der Waals surface area contributed by atoms with Crippen LogP contribution < -0.4 is 0 Å². The molecular weight excluding hydrogens is 234 g/mol. The molecule has 1 N–H and O–H groups in total. The molecule has 0 saturated carbocycles. The predicted octanol–water partition coefficient (Wildman–Crippen LogP) is 2.89. The fourth-order valence-electron chi connectivity index (χ4n) is 2.41. The summed E-state index contributed by atoms with van der Waals surface area (Å²) in [5.74, 6) is -0.667. The molecule has 1 aliphatic heterocycles. The molecular formula is C13H19NO2S. The van der Waals surface area contributed by atoms with Crippen molar-refractivity contribution in [3.8, 4) is 0 Å². The fraction of sp³-hybridized carbons (Fsp3) is 0.615. The van der Waals surface area contributed by atoms with E-state index in [2.05, 4.69) is 24.0 Å². The number of carboxylic acids is 1. The lowest BCUT2D eigenvalue weighted by Crippen LogP contribution is -2.39. The van der Waals surface area contributed by atoms with Gasteiger partial charge >= 0.3 is 5.97 Å². The second-order valence-corrected chi connectivity index (χ2v) is 6.06. The normalized spacial score (nSPS) is 22.3. The van der Waals surface area contributed by atoms with Crippen molar-refractivity contribution >= 4 is 17.3 Å². The summed E-state index contributed by atoms with van der Waals surface area (Å²) in [4.78, 5) is 16.0. The van der Waals surface area contributed by atoms with Gasteiger partial charge in [-0.2, -0.15) is 0 Å². The van der Waals surface area contributed by atoms with Crippen LogP contribution in [0.4, 0.5) is 0 Å². The minimum absolute atomic E-state index is 0.292. The number of carbonyl (C=O) groups is 1. The van der Waals surface area contributed by atoms with Gasteiger partial charge in [0.25, 0.3) is 0 Å². The average Bonchev–Trinajstić information content (AvgIpc) is 2.55. The van der Waals surface area contributed by atoms with E-state index in [1.807, 2.05) is 0 Å². The molecule has 1 saturated heterocycles. The topological polar surface area (TPSA) is 40.5 Å². The molecule has 0 amide bonds. The predicted molar refractivity (Wildman–Crippen MR) is 69.4 cm³/mol. The maximum Gasteiger partial charge on any atom is 0.320 e. The standard InChI is InChI=1S/C13H19NO2S/c1-10-6-7-11(17-10)9-14-8-4-2-3-5-12(14)13(15)16/h6-7,12H,2-5,8-9H2,1H3,(H,15,16). The molecule has 0 aliphatic carbocycles. The zero-order valence-electron chi connectivity index (χ0n) is 10.2. The number of carboxylic acid groups (broad SMARTS) is 1. The zero-order valence-corrected chi connectivity index (χ0v) is 11.0. The van der Waals surface area contributed by atoms with Crippen LogP contribution in [0.15, 0.2) is 12.1 Å². The molecule has 1 atom stereocenters. The van der Waals surface area contributed by atoms with Crippen molar-refractivity contribution in [2.45, 2.75) is 45.2 Å². The minimum Gasteiger partial charge on any atom is -0.480 e. The highest BCUT2D eigenvalue weighted by molar-refractivity contribution is 7.11. The maximum atomic E-state index is 11.3. The highest BCUT2D eigenvalue weighted by atomic mass is 32.1. The Balaban J connectivity index is 2.07. The molecule has 0 spiro atoms. The van der Waals surface area contributed by atoms with Crippen LogP contribution in [0.1, 0.15) is 35.4 Å². The van der Waals surface area contributed by atoms with Crippen molar-refractivity contribution in [2.75, 3.05) is 6.54 Å².